The highest BCUT2D eigenvalue weighted by Crippen LogP contribution is 2.46. The van der Waals surface area contributed by atoms with Gasteiger partial charge in [0.05, 0.1) is 42.8 Å². The number of ether oxygens (including phenoxy) is 1. The van der Waals surface area contributed by atoms with Crippen LogP contribution in [0.4, 0.5) is 15.3 Å². The van der Waals surface area contributed by atoms with Crippen LogP contribution in [-0.4, -0.2) is 55.9 Å². The number of carbonyl (C=O) groups is 3. The number of amides is 4. The molecule has 232 valence electrons. The van der Waals surface area contributed by atoms with Crippen molar-refractivity contribution >= 4 is 46.1 Å². The number of aromatic nitrogens is 3. The number of nitrogens with one attached hydrogen (secondary N) is 1. The van der Waals surface area contributed by atoms with Crippen LogP contribution in [0.1, 0.15) is 57.2 Å². The van der Waals surface area contributed by atoms with Crippen molar-refractivity contribution in [1.29, 1.82) is 0 Å². The quantitative estimate of drug-likeness (QED) is 0.278. The maximum absolute atomic E-state index is 13.9. The monoisotopic (exact) mass is 626 g/mol. The fourth-order valence-electron chi connectivity index (χ4n) is 7.02. The molecule has 10 nitrogen and oxygen atoms in total. The number of pyridine rings is 1. The zero-order valence-corrected chi connectivity index (χ0v) is 26.3. The molecule has 0 bridgehead atoms. The first-order valence-corrected chi connectivity index (χ1v) is 15.8. The molecule has 3 atom stereocenters. The third kappa shape index (κ3) is 5.31. The lowest BCUT2D eigenvalue weighted by atomic mass is 9.72. The predicted molar refractivity (Wildman–Crippen MR) is 171 cm³/mol. The van der Waals surface area contributed by atoms with Gasteiger partial charge >= 0.3 is 12.1 Å². The van der Waals surface area contributed by atoms with Gasteiger partial charge in [-0.25, -0.2) is 14.5 Å². The van der Waals surface area contributed by atoms with E-state index in [-0.39, 0.29) is 29.9 Å². The number of benzene rings is 2. The molecule has 45 heavy (non-hydrogen) atoms. The highest BCUT2D eigenvalue weighted by molar-refractivity contribution is 6.32. The minimum atomic E-state index is -0.588. The highest BCUT2D eigenvalue weighted by atomic mass is 35.5. The second-order valence-corrected chi connectivity index (χ2v) is 13.5. The predicted octanol–water partition coefficient (Wildman–Crippen LogP) is 6.51. The molecule has 1 saturated heterocycles. The summed E-state index contributed by atoms with van der Waals surface area (Å²) in [5, 5.41) is 10.1. The largest absolute Gasteiger partial charge is 0.444 e. The van der Waals surface area contributed by atoms with Crippen molar-refractivity contribution in [2.24, 2.45) is 5.92 Å². The van der Waals surface area contributed by atoms with E-state index in [1.165, 1.54) is 4.90 Å². The van der Waals surface area contributed by atoms with Gasteiger partial charge in [0.2, 0.25) is 5.91 Å². The van der Waals surface area contributed by atoms with Crippen LogP contribution in [0.2, 0.25) is 5.02 Å². The van der Waals surface area contributed by atoms with Gasteiger partial charge < -0.3 is 15.0 Å². The molecule has 0 spiro atoms. The van der Waals surface area contributed by atoms with Crippen molar-refractivity contribution in [2.45, 2.75) is 70.7 Å². The fraction of sp³-hybridized carbons (Fsp3) is 0.382. The highest BCUT2D eigenvalue weighted by Gasteiger charge is 2.46. The van der Waals surface area contributed by atoms with Crippen LogP contribution in [0.5, 0.6) is 0 Å². The van der Waals surface area contributed by atoms with Crippen molar-refractivity contribution in [1.82, 2.24) is 25.0 Å². The minimum Gasteiger partial charge on any atom is -0.444 e. The molecule has 11 heteroatoms. The number of imide groups is 1. The van der Waals surface area contributed by atoms with Crippen molar-refractivity contribution in [3.63, 3.8) is 0 Å². The molecule has 7 rings (SSSR count). The van der Waals surface area contributed by atoms with Crippen LogP contribution in [0.25, 0.3) is 21.9 Å². The molecular weight excluding hydrogens is 592 g/mol. The second-order valence-electron chi connectivity index (χ2n) is 13.1. The van der Waals surface area contributed by atoms with Crippen molar-refractivity contribution in [2.75, 3.05) is 11.4 Å². The Morgan fingerprint density at radius 2 is 1.82 bits per heavy atom. The van der Waals surface area contributed by atoms with Gasteiger partial charge in [0.1, 0.15) is 5.60 Å². The Morgan fingerprint density at radius 1 is 1.00 bits per heavy atom. The van der Waals surface area contributed by atoms with E-state index >= 15 is 0 Å². The number of anilines is 1. The summed E-state index contributed by atoms with van der Waals surface area (Å²) in [6.45, 7) is 7.02. The van der Waals surface area contributed by atoms with Gasteiger partial charge in [-0.3, -0.25) is 14.5 Å². The van der Waals surface area contributed by atoms with Gasteiger partial charge in [0, 0.05) is 40.1 Å². The Bertz CT molecular complexity index is 1830. The average molecular weight is 627 g/mol. The van der Waals surface area contributed by atoms with Gasteiger partial charge in [-0.2, -0.15) is 5.10 Å². The van der Waals surface area contributed by atoms with Crippen LogP contribution in [0.15, 0.2) is 61.1 Å². The Hall–Kier alpha value is -4.44. The Balaban J connectivity index is 1.15. The minimum absolute atomic E-state index is 0.00919. The van der Waals surface area contributed by atoms with E-state index in [1.807, 2.05) is 74.1 Å². The molecule has 3 aliphatic rings. The third-order valence-electron chi connectivity index (χ3n) is 9.06. The summed E-state index contributed by atoms with van der Waals surface area (Å²) in [5.41, 5.74) is 3.68. The van der Waals surface area contributed by atoms with Crippen LogP contribution < -0.4 is 10.2 Å². The number of halogens is 1. The first kappa shape index (κ1) is 29.3. The Kier molecular flexibility index (Phi) is 7.27. The molecule has 1 aliphatic carbocycles. The maximum Gasteiger partial charge on any atom is 0.410 e. The van der Waals surface area contributed by atoms with E-state index in [1.54, 1.807) is 17.3 Å². The number of nitrogens with zero attached hydrogens (tertiary/aromatic N) is 5. The summed E-state index contributed by atoms with van der Waals surface area (Å²) in [6, 6.07) is 12.7. The van der Waals surface area contributed by atoms with Crippen molar-refractivity contribution in [3.05, 3.63) is 77.3 Å². The van der Waals surface area contributed by atoms with Crippen molar-refractivity contribution in [3.8, 4) is 11.1 Å². The van der Waals surface area contributed by atoms with Crippen LogP contribution in [-0.2, 0) is 22.6 Å². The van der Waals surface area contributed by atoms with Gasteiger partial charge in [-0.05, 0) is 63.1 Å². The normalized spacial score (nSPS) is 21.7. The maximum atomic E-state index is 13.9. The molecule has 3 unspecified atom stereocenters. The van der Waals surface area contributed by atoms with E-state index in [0.29, 0.717) is 43.2 Å². The molecule has 2 aliphatic heterocycles. The lowest BCUT2D eigenvalue weighted by molar-refractivity contribution is -0.124. The molecule has 0 radical (unpaired) electrons. The summed E-state index contributed by atoms with van der Waals surface area (Å²) in [5.74, 6) is -0.544. The van der Waals surface area contributed by atoms with Crippen LogP contribution >= 0.6 is 11.6 Å². The SMILES string of the molecule is CC(C)(C)OC(=O)N1CCn2ncc(-c3cccc(Cl)c3C3CCC4C(=O)N(c5cncc6ccccc56)C(=O)NC4C3)c2C1. The Labute approximate surface area is 266 Å². The number of hydrogen-bond donors (Lipinski definition) is 1. The molecule has 2 aromatic heterocycles. The van der Waals surface area contributed by atoms with Crippen LogP contribution in [0, 0.1) is 5.92 Å². The average Bonchev–Trinajstić information content (AvgIpc) is 3.43. The molecule has 4 aromatic rings. The van der Waals surface area contributed by atoms with E-state index in [0.717, 1.165) is 39.6 Å². The summed E-state index contributed by atoms with van der Waals surface area (Å²) in [4.78, 5) is 47.5. The smallest absolute Gasteiger partial charge is 0.410 e. The summed E-state index contributed by atoms with van der Waals surface area (Å²) in [6.07, 6.45) is 6.72. The first-order valence-electron chi connectivity index (χ1n) is 15.4. The first-order chi connectivity index (χ1) is 21.6. The van der Waals surface area contributed by atoms with E-state index in [4.69, 9.17) is 16.3 Å². The summed E-state index contributed by atoms with van der Waals surface area (Å²) < 4.78 is 7.58. The molecule has 2 fully saturated rings. The number of fused-ring (bicyclic) bond motifs is 3. The lowest BCUT2D eigenvalue weighted by Gasteiger charge is -2.43. The number of hydrogen-bond acceptors (Lipinski definition) is 6. The summed E-state index contributed by atoms with van der Waals surface area (Å²) in [7, 11) is 0. The van der Waals surface area contributed by atoms with Gasteiger partial charge in [-0.15, -0.1) is 0 Å². The number of carbonyl (C=O) groups excluding carboxylic acids is 3. The lowest BCUT2D eigenvalue weighted by Crippen LogP contribution is -2.61. The fourth-order valence-corrected chi connectivity index (χ4v) is 7.35. The topological polar surface area (TPSA) is 110 Å². The second kappa shape index (κ2) is 11.2. The van der Waals surface area contributed by atoms with Gasteiger partial charge in [-0.1, -0.05) is 48.0 Å². The van der Waals surface area contributed by atoms with Crippen LogP contribution in [0.3, 0.4) is 0 Å². The number of rotatable bonds is 3. The van der Waals surface area contributed by atoms with E-state index < -0.39 is 11.6 Å². The van der Waals surface area contributed by atoms with E-state index in [2.05, 4.69) is 15.4 Å². The standard InChI is InChI=1S/C34H35ClN6O4/c1-34(2,3)45-33(44)39-13-14-40-29(19-39)25(17-37-40)23-9-6-10-26(35)30(23)20-11-12-24-27(15-20)38-32(43)41(31(24)42)28-18-36-16-21-7-4-5-8-22(21)28/h4-10,16-18,20,24,27H,11-15,19H2,1-3H3,(H,38,43). The molecule has 1 N–H and O–H groups in total. The van der Waals surface area contributed by atoms with Gasteiger partial charge in [0.15, 0.2) is 0 Å². The molecule has 4 heterocycles. The molecule has 2 aromatic carbocycles. The molecule has 1 saturated carbocycles. The van der Waals surface area contributed by atoms with Gasteiger partial charge in [0.25, 0.3) is 0 Å². The van der Waals surface area contributed by atoms with E-state index in [9.17, 15) is 14.4 Å². The zero-order valence-electron chi connectivity index (χ0n) is 25.5. The third-order valence-corrected chi connectivity index (χ3v) is 9.39. The summed E-state index contributed by atoms with van der Waals surface area (Å²) >= 11 is 6.92. The number of urea groups is 1. The zero-order chi connectivity index (χ0) is 31.5. The Morgan fingerprint density at radius 3 is 2.64 bits per heavy atom. The van der Waals surface area contributed by atoms with Crippen molar-refractivity contribution < 1.29 is 19.1 Å². The molecule has 4 amide bonds. The molecular formula is C34H35ClN6O4.